The molecule has 1 atom stereocenters. The number of rotatable bonds is 6. The Balaban J connectivity index is 3.08. The molecule has 0 aromatic heterocycles. The second-order valence-electron chi connectivity index (χ2n) is 5.04. The maximum absolute atomic E-state index is 9.43. The summed E-state index contributed by atoms with van der Waals surface area (Å²) in [7, 11) is 1.71. The lowest BCUT2D eigenvalue weighted by atomic mass is 9.92. The van der Waals surface area contributed by atoms with Crippen LogP contribution < -0.4 is 0 Å². The van der Waals surface area contributed by atoms with Crippen molar-refractivity contribution >= 4 is 0 Å². The Bertz CT molecular complexity index is 468. The van der Waals surface area contributed by atoms with Crippen LogP contribution in [0.3, 0.4) is 0 Å². The predicted octanol–water partition coefficient (Wildman–Crippen LogP) is 4.17. The molecule has 1 aromatic carbocycles. The molecule has 0 spiro atoms. The van der Waals surface area contributed by atoms with E-state index in [0.29, 0.717) is 0 Å². The average molecular weight is 260 g/mol. The van der Waals surface area contributed by atoms with Crippen molar-refractivity contribution in [3.05, 3.63) is 58.7 Å². The Morgan fingerprint density at radius 3 is 2.37 bits per heavy atom. The molecule has 0 heterocycles. The number of aliphatic hydroxyl groups is 1. The number of hydrogen-bond acceptors (Lipinski definition) is 2. The van der Waals surface area contributed by atoms with Crippen LogP contribution >= 0.6 is 0 Å². The predicted molar refractivity (Wildman–Crippen MR) is 79.9 cm³/mol. The number of aliphatic hydroxyl groups excluding tert-OH is 1. The summed E-state index contributed by atoms with van der Waals surface area (Å²) in [6.45, 7) is 10.3. The van der Waals surface area contributed by atoms with Crippen molar-refractivity contribution < 1.29 is 9.84 Å². The molecular weight excluding hydrogens is 236 g/mol. The van der Waals surface area contributed by atoms with E-state index in [1.54, 1.807) is 7.11 Å². The quantitative estimate of drug-likeness (QED) is 0.778. The van der Waals surface area contributed by atoms with Crippen LogP contribution in [0.15, 0.2) is 47.6 Å². The molecule has 1 rings (SSSR count). The smallest absolute Gasteiger partial charge is 0.0865 e. The molecule has 0 saturated carbocycles. The van der Waals surface area contributed by atoms with Gasteiger partial charge < -0.3 is 9.84 Å². The lowest BCUT2D eigenvalue weighted by molar-refractivity contribution is 0.102. The molecule has 0 amide bonds. The van der Waals surface area contributed by atoms with E-state index in [1.165, 1.54) is 11.1 Å². The fourth-order valence-electron chi connectivity index (χ4n) is 2.30. The summed E-state index contributed by atoms with van der Waals surface area (Å²) in [5, 5.41) is 9.43. The molecule has 2 nitrogen and oxygen atoms in total. The number of allylic oxidation sites excluding steroid dienone is 2. The molecule has 1 aromatic rings. The molecule has 1 unspecified atom stereocenters. The van der Waals surface area contributed by atoms with Gasteiger partial charge in [-0.3, -0.25) is 0 Å². The van der Waals surface area contributed by atoms with E-state index in [-0.39, 0.29) is 12.7 Å². The topological polar surface area (TPSA) is 29.5 Å². The molecule has 0 radical (unpaired) electrons. The van der Waals surface area contributed by atoms with E-state index < -0.39 is 0 Å². The van der Waals surface area contributed by atoms with Crippen LogP contribution in [0, 0.1) is 0 Å². The maximum atomic E-state index is 9.43. The Hall–Kier alpha value is -1.38. The van der Waals surface area contributed by atoms with Crippen molar-refractivity contribution in [3.63, 3.8) is 0 Å². The van der Waals surface area contributed by atoms with Crippen molar-refractivity contribution in [2.75, 3.05) is 7.11 Å². The van der Waals surface area contributed by atoms with Gasteiger partial charge in [-0.25, -0.2) is 0 Å². The fraction of sp³-hybridized carbons (Fsp3) is 0.412. The zero-order valence-electron chi connectivity index (χ0n) is 12.4. The zero-order valence-corrected chi connectivity index (χ0v) is 12.4. The van der Waals surface area contributed by atoms with Gasteiger partial charge in [0.2, 0.25) is 0 Å². The molecule has 0 aliphatic heterocycles. The molecule has 0 saturated heterocycles. The third-order valence-electron chi connectivity index (χ3n) is 3.37. The van der Waals surface area contributed by atoms with Crippen molar-refractivity contribution in [2.45, 2.75) is 39.9 Å². The van der Waals surface area contributed by atoms with E-state index in [0.717, 1.165) is 23.1 Å². The number of methoxy groups -OCH3 is 1. The van der Waals surface area contributed by atoms with Gasteiger partial charge in [0.25, 0.3) is 0 Å². The van der Waals surface area contributed by atoms with E-state index in [4.69, 9.17) is 4.74 Å². The van der Waals surface area contributed by atoms with E-state index >= 15 is 0 Å². The van der Waals surface area contributed by atoms with Crippen molar-refractivity contribution in [1.29, 1.82) is 0 Å². The van der Waals surface area contributed by atoms with Gasteiger partial charge >= 0.3 is 0 Å². The fourth-order valence-corrected chi connectivity index (χ4v) is 2.30. The molecule has 104 valence electrons. The first-order valence-corrected chi connectivity index (χ1v) is 6.55. The highest BCUT2D eigenvalue weighted by atomic mass is 16.5. The van der Waals surface area contributed by atoms with Gasteiger partial charge in [0, 0.05) is 13.5 Å². The van der Waals surface area contributed by atoms with Gasteiger partial charge in [-0.1, -0.05) is 42.0 Å². The summed E-state index contributed by atoms with van der Waals surface area (Å²) in [4.78, 5) is 0. The van der Waals surface area contributed by atoms with Crippen LogP contribution in [0.5, 0.6) is 0 Å². The van der Waals surface area contributed by atoms with Crippen LogP contribution in [0.4, 0.5) is 0 Å². The van der Waals surface area contributed by atoms with Crippen LogP contribution in [-0.4, -0.2) is 12.2 Å². The number of ether oxygens (including phenoxy) is 1. The summed E-state index contributed by atoms with van der Waals surface area (Å²) in [6.07, 6.45) is 0.732. The SMILES string of the molecule is C=C(C)C(CC(OC)c1ccccc1CO)=C(C)C. The summed E-state index contributed by atoms with van der Waals surface area (Å²) in [5.74, 6) is 0. The highest BCUT2D eigenvalue weighted by molar-refractivity contribution is 5.35. The summed E-state index contributed by atoms with van der Waals surface area (Å²) < 4.78 is 5.62. The molecule has 2 heteroatoms. The minimum atomic E-state index is -0.0510. The van der Waals surface area contributed by atoms with Gasteiger partial charge in [-0.2, -0.15) is 0 Å². The first kappa shape index (κ1) is 15.7. The van der Waals surface area contributed by atoms with E-state index in [2.05, 4.69) is 20.4 Å². The van der Waals surface area contributed by atoms with Gasteiger partial charge in [-0.15, -0.1) is 0 Å². The molecular formula is C17H24O2. The highest BCUT2D eigenvalue weighted by Crippen LogP contribution is 2.31. The lowest BCUT2D eigenvalue weighted by Crippen LogP contribution is -2.07. The Morgan fingerprint density at radius 1 is 1.26 bits per heavy atom. The van der Waals surface area contributed by atoms with Crippen molar-refractivity contribution in [2.24, 2.45) is 0 Å². The molecule has 19 heavy (non-hydrogen) atoms. The van der Waals surface area contributed by atoms with E-state index in [1.807, 2.05) is 31.2 Å². The lowest BCUT2D eigenvalue weighted by Gasteiger charge is -2.21. The van der Waals surface area contributed by atoms with Gasteiger partial charge in [0.1, 0.15) is 0 Å². The molecule has 0 aliphatic carbocycles. The molecule has 0 fully saturated rings. The van der Waals surface area contributed by atoms with Crippen LogP contribution in [0.1, 0.15) is 44.4 Å². The van der Waals surface area contributed by atoms with Crippen LogP contribution in [0.2, 0.25) is 0 Å². The van der Waals surface area contributed by atoms with Crippen LogP contribution in [-0.2, 0) is 11.3 Å². The average Bonchev–Trinajstić information content (AvgIpc) is 2.39. The normalized spacial score (nSPS) is 12.1. The summed E-state index contributed by atoms with van der Waals surface area (Å²) in [6, 6.07) is 7.86. The zero-order chi connectivity index (χ0) is 14.4. The summed E-state index contributed by atoms with van der Waals surface area (Å²) in [5.41, 5.74) is 5.54. The third kappa shape index (κ3) is 4.05. The second kappa shape index (κ2) is 7.27. The second-order valence-corrected chi connectivity index (χ2v) is 5.04. The molecule has 1 N–H and O–H groups in total. The van der Waals surface area contributed by atoms with Crippen molar-refractivity contribution in [3.8, 4) is 0 Å². The molecule has 0 bridgehead atoms. The maximum Gasteiger partial charge on any atom is 0.0865 e. The van der Waals surface area contributed by atoms with Gasteiger partial charge in [0.05, 0.1) is 12.7 Å². The Labute approximate surface area is 116 Å². The monoisotopic (exact) mass is 260 g/mol. The number of hydrogen-bond donors (Lipinski definition) is 1. The molecule has 0 aliphatic rings. The van der Waals surface area contributed by atoms with Crippen LogP contribution in [0.25, 0.3) is 0 Å². The number of benzene rings is 1. The Kier molecular flexibility index (Phi) is 6.00. The highest BCUT2D eigenvalue weighted by Gasteiger charge is 2.17. The minimum absolute atomic E-state index is 0.0350. The summed E-state index contributed by atoms with van der Waals surface area (Å²) >= 11 is 0. The standard InChI is InChI=1S/C17H24O2/c1-12(2)16(13(3)4)10-17(19-5)15-9-7-6-8-14(15)11-18/h6-9,17-18H,1,10-11H2,2-5H3. The van der Waals surface area contributed by atoms with E-state index in [9.17, 15) is 5.11 Å². The first-order chi connectivity index (χ1) is 9.01. The third-order valence-corrected chi connectivity index (χ3v) is 3.37. The largest absolute Gasteiger partial charge is 0.392 e. The first-order valence-electron chi connectivity index (χ1n) is 6.55. The Morgan fingerprint density at radius 2 is 1.89 bits per heavy atom. The van der Waals surface area contributed by atoms with Gasteiger partial charge in [-0.05, 0) is 37.5 Å². The minimum Gasteiger partial charge on any atom is -0.392 e. The van der Waals surface area contributed by atoms with Gasteiger partial charge in [0.15, 0.2) is 0 Å². The van der Waals surface area contributed by atoms with Crippen molar-refractivity contribution in [1.82, 2.24) is 0 Å².